The molecule has 8 nitrogen and oxygen atoms in total. The van der Waals surface area contributed by atoms with Crippen molar-refractivity contribution >= 4 is 17.7 Å². The predicted molar refractivity (Wildman–Crippen MR) is 130 cm³/mol. The number of pyridine rings is 1. The number of hydrogen-bond acceptors (Lipinski definition) is 7. The number of hydrogen-bond donors (Lipinski definition) is 1. The van der Waals surface area contributed by atoms with Crippen LogP contribution in [0.4, 0.5) is 0 Å². The molecule has 0 saturated heterocycles. The number of aromatic nitrogens is 4. The molecule has 9 heteroatoms. The highest BCUT2D eigenvalue weighted by molar-refractivity contribution is 7.99. The summed E-state index contributed by atoms with van der Waals surface area (Å²) in [5, 5.41) is 12.8. The summed E-state index contributed by atoms with van der Waals surface area (Å²) in [5.41, 5.74) is 2.00. The molecule has 1 aliphatic heterocycles. The molecule has 0 spiro atoms. The first kappa shape index (κ1) is 22.7. The molecule has 2 aliphatic rings. The summed E-state index contributed by atoms with van der Waals surface area (Å²) in [6.07, 6.45) is 6.59. The quantitative estimate of drug-likeness (QED) is 0.478. The molecule has 1 N–H and O–H groups in total. The van der Waals surface area contributed by atoms with Gasteiger partial charge in [-0.2, -0.15) is 0 Å². The van der Waals surface area contributed by atoms with E-state index in [1.165, 1.54) is 11.8 Å². The standard InChI is InChI=1S/C25H29N5O3S/c1-16(2)23(18-4-7-20-21(14-18)33-13-3-12-32-20)27-22(31)15-34-25-29-28-24(30(25)19-5-6-19)17-8-10-26-11-9-17/h4,7-11,14,16,19,23H,3,5-6,12-13,15H2,1-2H3,(H,27,31)/t23-/m0/s1. The highest BCUT2D eigenvalue weighted by Crippen LogP contribution is 2.41. The van der Waals surface area contributed by atoms with Crippen molar-refractivity contribution in [3.63, 3.8) is 0 Å². The molecule has 0 bridgehead atoms. The van der Waals surface area contributed by atoms with Crippen molar-refractivity contribution in [1.82, 2.24) is 25.1 Å². The van der Waals surface area contributed by atoms with Crippen molar-refractivity contribution in [3.8, 4) is 22.9 Å². The van der Waals surface area contributed by atoms with Gasteiger partial charge < -0.3 is 14.8 Å². The summed E-state index contributed by atoms with van der Waals surface area (Å²) in [6, 6.07) is 10.1. The van der Waals surface area contributed by atoms with E-state index in [1.807, 2.05) is 30.3 Å². The van der Waals surface area contributed by atoms with Crippen molar-refractivity contribution in [2.24, 2.45) is 5.92 Å². The van der Waals surface area contributed by atoms with E-state index in [0.717, 1.165) is 52.9 Å². The van der Waals surface area contributed by atoms with Gasteiger partial charge in [0.05, 0.1) is 25.0 Å². The van der Waals surface area contributed by atoms with Gasteiger partial charge in [0, 0.05) is 30.4 Å². The predicted octanol–water partition coefficient (Wildman–Crippen LogP) is 4.44. The minimum atomic E-state index is -0.126. The van der Waals surface area contributed by atoms with Crippen LogP contribution in [0.5, 0.6) is 11.5 Å². The molecule has 178 valence electrons. The Hall–Kier alpha value is -3.07. The Labute approximate surface area is 203 Å². The first-order valence-electron chi connectivity index (χ1n) is 11.8. The van der Waals surface area contributed by atoms with E-state index in [4.69, 9.17) is 9.47 Å². The highest BCUT2D eigenvalue weighted by Gasteiger charge is 2.30. The second-order valence-electron chi connectivity index (χ2n) is 8.98. The Kier molecular flexibility index (Phi) is 6.71. The lowest BCUT2D eigenvalue weighted by Gasteiger charge is -2.24. The van der Waals surface area contributed by atoms with Crippen LogP contribution in [-0.2, 0) is 4.79 Å². The maximum absolute atomic E-state index is 13.0. The molecule has 1 fully saturated rings. The van der Waals surface area contributed by atoms with Crippen LogP contribution in [0, 0.1) is 5.92 Å². The maximum atomic E-state index is 13.0. The van der Waals surface area contributed by atoms with Gasteiger partial charge in [0.15, 0.2) is 22.5 Å². The Morgan fingerprint density at radius 3 is 2.62 bits per heavy atom. The minimum Gasteiger partial charge on any atom is -0.490 e. The SMILES string of the molecule is CC(C)[C@H](NC(=O)CSc1nnc(-c2ccncc2)n1C1CC1)c1ccc2c(c1)OCCCO2. The fourth-order valence-electron chi connectivity index (χ4n) is 4.09. The van der Waals surface area contributed by atoms with Crippen LogP contribution in [-0.4, -0.2) is 44.6 Å². The third-order valence-corrected chi connectivity index (χ3v) is 6.90. The number of benzene rings is 1. The van der Waals surface area contributed by atoms with Crippen molar-refractivity contribution in [2.75, 3.05) is 19.0 Å². The van der Waals surface area contributed by atoms with Gasteiger partial charge in [-0.15, -0.1) is 10.2 Å². The van der Waals surface area contributed by atoms with Crippen molar-refractivity contribution < 1.29 is 14.3 Å². The lowest BCUT2D eigenvalue weighted by Crippen LogP contribution is -2.33. The first-order valence-corrected chi connectivity index (χ1v) is 12.8. The molecule has 1 atom stereocenters. The molecule has 1 amide bonds. The molecular formula is C25H29N5O3S. The van der Waals surface area contributed by atoms with Crippen molar-refractivity contribution in [2.45, 2.75) is 50.4 Å². The van der Waals surface area contributed by atoms with Crippen LogP contribution in [0.15, 0.2) is 47.9 Å². The topological polar surface area (TPSA) is 91.2 Å². The lowest BCUT2D eigenvalue weighted by atomic mass is 9.95. The number of rotatable bonds is 8. The molecule has 1 aromatic carbocycles. The number of nitrogens with one attached hydrogen (secondary N) is 1. The highest BCUT2D eigenvalue weighted by atomic mass is 32.2. The molecule has 0 unspecified atom stereocenters. The van der Waals surface area contributed by atoms with E-state index in [9.17, 15) is 4.79 Å². The third kappa shape index (κ3) is 5.04. The van der Waals surface area contributed by atoms with E-state index in [1.54, 1.807) is 12.4 Å². The van der Waals surface area contributed by atoms with Crippen LogP contribution >= 0.6 is 11.8 Å². The molecular weight excluding hydrogens is 450 g/mol. The van der Waals surface area contributed by atoms with Gasteiger partial charge in [0.1, 0.15) is 0 Å². The summed E-state index contributed by atoms with van der Waals surface area (Å²) in [6.45, 7) is 5.49. The zero-order valence-electron chi connectivity index (χ0n) is 19.4. The van der Waals surface area contributed by atoms with Crippen LogP contribution in [0.25, 0.3) is 11.4 Å². The van der Waals surface area contributed by atoms with Crippen LogP contribution in [0.2, 0.25) is 0 Å². The molecule has 2 aromatic heterocycles. The zero-order valence-corrected chi connectivity index (χ0v) is 20.3. The molecule has 34 heavy (non-hydrogen) atoms. The Morgan fingerprint density at radius 1 is 1.12 bits per heavy atom. The number of fused-ring (bicyclic) bond motifs is 1. The number of amides is 1. The fraction of sp³-hybridized carbons (Fsp3) is 0.440. The maximum Gasteiger partial charge on any atom is 0.230 e. The van der Waals surface area contributed by atoms with Gasteiger partial charge in [-0.25, -0.2) is 0 Å². The first-order chi connectivity index (χ1) is 16.6. The monoisotopic (exact) mass is 479 g/mol. The summed E-state index contributed by atoms with van der Waals surface area (Å²) in [5.74, 6) is 2.79. The second-order valence-corrected chi connectivity index (χ2v) is 9.92. The second kappa shape index (κ2) is 10.0. The van der Waals surface area contributed by atoms with E-state index in [2.05, 4.69) is 38.9 Å². The Morgan fingerprint density at radius 2 is 1.88 bits per heavy atom. The zero-order chi connectivity index (χ0) is 23.5. The fourth-order valence-corrected chi connectivity index (χ4v) is 4.91. The normalized spacial score (nSPS) is 16.2. The minimum absolute atomic E-state index is 0.0355. The van der Waals surface area contributed by atoms with Gasteiger partial charge in [-0.3, -0.25) is 14.3 Å². The summed E-state index contributed by atoms with van der Waals surface area (Å²) >= 11 is 1.43. The number of carbonyl (C=O) groups excluding carboxylic acids is 1. The third-order valence-electron chi connectivity index (χ3n) is 5.96. The number of carbonyl (C=O) groups is 1. The molecule has 1 aliphatic carbocycles. The summed E-state index contributed by atoms with van der Waals surface area (Å²) in [7, 11) is 0. The van der Waals surface area contributed by atoms with Gasteiger partial charge >= 0.3 is 0 Å². The number of nitrogens with zero attached hydrogens (tertiary/aromatic N) is 4. The number of thioether (sulfide) groups is 1. The van der Waals surface area contributed by atoms with Crippen molar-refractivity contribution in [3.05, 3.63) is 48.3 Å². The van der Waals surface area contributed by atoms with Gasteiger partial charge in [-0.1, -0.05) is 31.7 Å². The van der Waals surface area contributed by atoms with Gasteiger partial charge in [0.25, 0.3) is 0 Å². The smallest absolute Gasteiger partial charge is 0.230 e. The van der Waals surface area contributed by atoms with Gasteiger partial charge in [0.2, 0.25) is 5.91 Å². The van der Waals surface area contributed by atoms with E-state index >= 15 is 0 Å². The largest absolute Gasteiger partial charge is 0.490 e. The average Bonchev–Trinajstić information content (AvgIpc) is 3.64. The molecule has 0 radical (unpaired) electrons. The van der Waals surface area contributed by atoms with E-state index in [-0.39, 0.29) is 23.6 Å². The average molecular weight is 480 g/mol. The van der Waals surface area contributed by atoms with Crippen molar-refractivity contribution in [1.29, 1.82) is 0 Å². The molecule has 1 saturated carbocycles. The summed E-state index contributed by atoms with van der Waals surface area (Å²) < 4.78 is 13.8. The van der Waals surface area contributed by atoms with Gasteiger partial charge in [-0.05, 0) is 48.6 Å². The van der Waals surface area contributed by atoms with Crippen LogP contribution < -0.4 is 14.8 Å². The van der Waals surface area contributed by atoms with Crippen LogP contribution in [0.3, 0.4) is 0 Å². The van der Waals surface area contributed by atoms with E-state index in [0.29, 0.717) is 19.3 Å². The lowest BCUT2D eigenvalue weighted by molar-refractivity contribution is -0.119. The number of ether oxygens (including phenoxy) is 2. The molecule has 3 heterocycles. The molecule has 3 aromatic rings. The molecule has 5 rings (SSSR count). The Bertz CT molecular complexity index is 1150. The summed E-state index contributed by atoms with van der Waals surface area (Å²) in [4.78, 5) is 17.1. The van der Waals surface area contributed by atoms with Crippen LogP contribution in [0.1, 0.15) is 50.8 Å². The Balaban J connectivity index is 1.28. The van der Waals surface area contributed by atoms with E-state index < -0.39 is 0 Å².